The number of hydrogen-bond acceptors (Lipinski definition) is 6. The number of benzene rings is 1. The van der Waals surface area contributed by atoms with Crippen LogP contribution in [0.3, 0.4) is 0 Å². The number of thiophene rings is 1. The van der Waals surface area contributed by atoms with E-state index < -0.39 is 0 Å². The highest BCUT2D eigenvalue weighted by atomic mass is 35.5. The monoisotopic (exact) mass is 489 g/mol. The molecule has 2 heterocycles. The number of esters is 1. The molecule has 0 radical (unpaired) electrons. The second kappa shape index (κ2) is 10.5. The van der Waals surface area contributed by atoms with Crippen molar-refractivity contribution >= 4 is 45.5 Å². The van der Waals surface area contributed by atoms with Crippen LogP contribution in [0.2, 0.25) is 5.02 Å². The molecule has 2 unspecified atom stereocenters. The molecule has 1 aliphatic heterocycles. The van der Waals surface area contributed by atoms with Crippen molar-refractivity contribution in [1.29, 1.82) is 0 Å². The van der Waals surface area contributed by atoms with Gasteiger partial charge in [0.1, 0.15) is 5.00 Å². The van der Waals surface area contributed by atoms with Crippen molar-refractivity contribution in [2.24, 2.45) is 5.92 Å². The maximum atomic E-state index is 13.2. The zero-order valence-electron chi connectivity index (χ0n) is 19.5. The van der Waals surface area contributed by atoms with Crippen molar-refractivity contribution in [2.75, 3.05) is 43.0 Å². The number of amides is 1. The number of nitrogens with one attached hydrogen (secondary N) is 1. The van der Waals surface area contributed by atoms with Gasteiger partial charge in [0.2, 0.25) is 5.91 Å². The number of carbonyl (C=O) groups is 2. The number of halogens is 1. The van der Waals surface area contributed by atoms with Crippen molar-refractivity contribution in [2.45, 2.75) is 46.1 Å². The molecule has 2 aromatic rings. The van der Waals surface area contributed by atoms with Gasteiger partial charge in [-0.15, -0.1) is 11.3 Å². The molecule has 6 nitrogen and oxygen atoms in total. The Morgan fingerprint density at radius 1 is 1.27 bits per heavy atom. The van der Waals surface area contributed by atoms with Crippen LogP contribution in [0, 0.1) is 5.92 Å². The summed E-state index contributed by atoms with van der Waals surface area (Å²) in [7, 11) is 0. The van der Waals surface area contributed by atoms with Crippen molar-refractivity contribution in [3.63, 3.8) is 0 Å². The van der Waals surface area contributed by atoms with E-state index in [9.17, 15) is 9.59 Å². The van der Waals surface area contributed by atoms with Crippen molar-refractivity contribution in [1.82, 2.24) is 4.90 Å². The van der Waals surface area contributed by atoms with E-state index in [1.165, 1.54) is 16.2 Å². The number of fused-ring (bicyclic) bond motifs is 1. The van der Waals surface area contributed by atoms with Crippen molar-refractivity contribution in [3.8, 4) is 0 Å². The van der Waals surface area contributed by atoms with E-state index in [0.717, 1.165) is 61.7 Å². The van der Waals surface area contributed by atoms with Crippen molar-refractivity contribution in [3.05, 3.63) is 45.3 Å². The summed E-state index contributed by atoms with van der Waals surface area (Å²) in [6.45, 7) is 9.52. The Labute approximate surface area is 204 Å². The molecule has 33 heavy (non-hydrogen) atoms. The van der Waals surface area contributed by atoms with E-state index in [0.29, 0.717) is 23.1 Å². The summed E-state index contributed by atoms with van der Waals surface area (Å²) >= 11 is 7.68. The number of nitrogens with zero attached hydrogens (tertiary/aromatic N) is 2. The van der Waals surface area contributed by atoms with Crippen LogP contribution in [0.25, 0.3) is 0 Å². The van der Waals surface area contributed by atoms with Crippen LogP contribution in [0.15, 0.2) is 24.3 Å². The summed E-state index contributed by atoms with van der Waals surface area (Å²) in [5, 5.41) is 4.45. The van der Waals surface area contributed by atoms with E-state index in [2.05, 4.69) is 28.1 Å². The van der Waals surface area contributed by atoms with Gasteiger partial charge in [-0.3, -0.25) is 9.69 Å². The number of ether oxygens (including phenoxy) is 1. The molecule has 2 aliphatic rings. The van der Waals surface area contributed by atoms with Gasteiger partial charge in [0, 0.05) is 41.8 Å². The molecule has 4 rings (SSSR count). The zero-order valence-corrected chi connectivity index (χ0v) is 21.1. The molecule has 1 saturated heterocycles. The fraction of sp³-hybridized carbons (Fsp3) is 0.520. The standard InChI is InChI=1S/C25H32ClN3O3S/c1-4-32-25(31)22-20-9-8-16(2)14-21(20)33-24(22)27-23(30)17(3)28-10-12-29(13-11-28)19-7-5-6-18(26)15-19/h5-7,15-17H,4,8-14H2,1-3H3,(H,27,30). The van der Waals surface area contributed by atoms with Gasteiger partial charge >= 0.3 is 5.97 Å². The molecule has 1 N–H and O–H groups in total. The molecule has 8 heteroatoms. The predicted octanol–water partition coefficient (Wildman–Crippen LogP) is 4.85. The highest BCUT2D eigenvalue weighted by molar-refractivity contribution is 7.17. The topological polar surface area (TPSA) is 61.9 Å². The van der Waals surface area contributed by atoms with Gasteiger partial charge in [-0.2, -0.15) is 0 Å². The quantitative estimate of drug-likeness (QED) is 0.587. The van der Waals surface area contributed by atoms with Crippen LogP contribution < -0.4 is 10.2 Å². The maximum absolute atomic E-state index is 13.2. The average Bonchev–Trinajstić information content (AvgIpc) is 3.15. The largest absolute Gasteiger partial charge is 0.462 e. The third-order valence-electron chi connectivity index (χ3n) is 6.64. The second-order valence-electron chi connectivity index (χ2n) is 8.94. The Balaban J connectivity index is 1.43. The van der Waals surface area contributed by atoms with Crippen LogP contribution in [0.4, 0.5) is 10.7 Å². The number of carbonyl (C=O) groups excluding carboxylic acids is 2. The predicted molar refractivity (Wildman–Crippen MR) is 135 cm³/mol. The lowest BCUT2D eigenvalue weighted by molar-refractivity contribution is -0.120. The summed E-state index contributed by atoms with van der Waals surface area (Å²) in [6.07, 6.45) is 2.86. The van der Waals surface area contributed by atoms with E-state index in [1.807, 2.05) is 32.0 Å². The van der Waals surface area contributed by atoms with Gasteiger partial charge in [0.15, 0.2) is 0 Å². The molecule has 1 amide bonds. The van der Waals surface area contributed by atoms with Crippen molar-refractivity contribution < 1.29 is 14.3 Å². The van der Waals surface area contributed by atoms with Crippen LogP contribution in [-0.4, -0.2) is 55.6 Å². The fourth-order valence-electron chi connectivity index (χ4n) is 4.68. The zero-order chi connectivity index (χ0) is 23.5. The van der Waals surface area contributed by atoms with Gasteiger partial charge < -0.3 is 15.0 Å². The average molecular weight is 490 g/mol. The first kappa shape index (κ1) is 24.0. The molecular formula is C25H32ClN3O3S. The maximum Gasteiger partial charge on any atom is 0.341 e. The lowest BCUT2D eigenvalue weighted by Gasteiger charge is -2.38. The van der Waals surface area contributed by atoms with Gasteiger partial charge in [-0.05, 0) is 62.8 Å². The summed E-state index contributed by atoms with van der Waals surface area (Å²) in [4.78, 5) is 31.6. The SMILES string of the molecule is CCOC(=O)c1c(NC(=O)C(C)N2CCN(c3cccc(Cl)c3)CC2)sc2c1CCC(C)C2. The molecule has 1 fully saturated rings. The van der Waals surface area contributed by atoms with E-state index in [4.69, 9.17) is 16.3 Å². The van der Waals surface area contributed by atoms with E-state index in [1.54, 1.807) is 0 Å². The minimum Gasteiger partial charge on any atom is -0.462 e. The molecule has 0 bridgehead atoms. The van der Waals surface area contributed by atoms with Crippen LogP contribution in [-0.2, 0) is 22.4 Å². The Kier molecular flexibility index (Phi) is 7.62. The molecule has 2 atom stereocenters. The minimum atomic E-state index is -0.331. The highest BCUT2D eigenvalue weighted by Crippen LogP contribution is 2.40. The molecule has 0 saturated carbocycles. The second-order valence-corrected chi connectivity index (χ2v) is 10.5. The molecule has 1 aromatic carbocycles. The first-order valence-corrected chi connectivity index (χ1v) is 12.9. The van der Waals surface area contributed by atoms with Gasteiger partial charge in [0.05, 0.1) is 18.2 Å². The third kappa shape index (κ3) is 5.36. The van der Waals surface area contributed by atoms with E-state index in [-0.39, 0.29) is 17.9 Å². The fourth-order valence-corrected chi connectivity index (χ4v) is 6.27. The third-order valence-corrected chi connectivity index (χ3v) is 8.05. The highest BCUT2D eigenvalue weighted by Gasteiger charge is 2.31. The number of hydrogen-bond donors (Lipinski definition) is 1. The van der Waals surface area contributed by atoms with E-state index >= 15 is 0 Å². The number of rotatable bonds is 6. The summed E-state index contributed by atoms with van der Waals surface area (Å²) in [5.41, 5.74) is 2.74. The number of piperazine rings is 1. The molecular weight excluding hydrogens is 458 g/mol. The van der Waals surface area contributed by atoms with Gasteiger partial charge in [-0.1, -0.05) is 24.6 Å². The first-order valence-electron chi connectivity index (χ1n) is 11.7. The molecule has 0 spiro atoms. The minimum absolute atomic E-state index is 0.0802. The number of anilines is 2. The van der Waals surface area contributed by atoms with Crippen LogP contribution in [0.5, 0.6) is 0 Å². The lowest BCUT2D eigenvalue weighted by atomic mass is 9.88. The lowest BCUT2D eigenvalue weighted by Crippen LogP contribution is -2.52. The molecule has 178 valence electrons. The first-order chi connectivity index (χ1) is 15.9. The summed E-state index contributed by atoms with van der Waals surface area (Å²) in [5.74, 6) is 0.176. The smallest absolute Gasteiger partial charge is 0.341 e. The Morgan fingerprint density at radius 2 is 2.03 bits per heavy atom. The Morgan fingerprint density at radius 3 is 2.73 bits per heavy atom. The molecule has 1 aromatic heterocycles. The Hall–Kier alpha value is -2.09. The summed E-state index contributed by atoms with van der Waals surface area (Å²) < 4.78 is 5.33. The normalized spacial score (nSPS) is 19.6. The van der Waals surface area contributed by atoms with Crippen LogP contribution in [0.1, 0.15) is 48.0 Å². The van der Waals surface area contributed by atoms with Crippen LogP contribution >= 0.6 is 22.9 Å². The molecule has 1 aliphatic carbocycles. The van der Waals surface area contributed by atoms with Gasteiger partial charge in [-0.25, -0.2) is 4.79 Å². The van der Waals surface area contributed by atoms with Gasteiger partial charge in [0.25, 0.3) is 0 Å². The summed E-state index contributed by atoms with van der Waals surface area (Å²) in [6, 6.07) is 7.58. The Bertz CT molecular complexity index is 1020.